The van der Waals surface area contributed by atoms with Gasteiger partial charge in [-0.15, -0.1) is 0 Å². The van der Waals surface area contributed by atoms with E-state index in [0.29, 0.717) is 6.54 Å². The molecular weight excluding hydrogens is 326 g/mol. The summed E-state index contributed by atoms with van der Waals surface area (Å²) in [5, 5.41) is 3.05. The van der Waals surface area contributed by atoms with Crippen molar-refractivity contribution in [1.82, 2.24) is 10.2 Å². The Morgan fingerprint density at radius 3 is 2.50 bits per heavy atom. The van der Waals surface area contributed by atoms with Crippen LogP contribution in [0.4, 0.5) is 0 Å². The summed E-state index contributed by atoms with van der Waals surface area (Å²) in [6.07, 6.45) is 0. The third-order valence-corrected chi connectivity index (χ3v) is 4.82. The molecule has 26 heavy (non-hydrogen) atoms. The molecular formula is C21H27N3O2. The topological polar surface area (TPSA) is 67.6 Å². The first kappa shape index (κ1) is 18.6. The van der Waals surface area contributed by atoms with Crippen LogP contribution >= 0.6 is 0 Å². The van der Waals surface area contributed by atoms with Gasteiger partial charge in [0.15, 0.2) is 0 Å². The van der Waals surface area contributed by atoms with E-state index in [1.807, 2.05) is 30.3 Å². The fourth-order valence-corrected chi connectivity index (χ4v) is 3.34. The minimum absolute atomic E-state index is 0.116. The third kappa shape index (κ3) is 4.69. The average Bonchev–Trinajstić information content (AvgIpc) is 2.69. The molecule has 1 fully saturated rings. The van der Waals surface area contributed by atoms with E-state index in [9.17, 15) is 4.79 Å². The first-order valence-corrected chi connectivity index (χ1v) is 9.12. The van der Waals surface area contributed by atoms with Crippen molar-refractivity contribution in [2.24, 2.45) is 5.73 Å². The zero-order valence-corrected chi connectivity index (χ0v) is 15.2. The molecule has 0 radical (unpaired) electrons. The predicted molar refractivity (Wildman–Crippen MR) is 103 cm³/mol. The number of aryl methyl sites for hydroxylation is 1. The molecule has 3 N–H and O–H groups in total. The van der Waals surface area contributed by atoms with E-state index in [-0.39, 0.29) is 11.9 Å². The molecule has 0 saturated carbocycles. The molecule has 1 amide bonds. The van der Waals surface area contributed by atoms with Crippen LogP contribution in [0.1, 0.15) is 28.8 Å². The van der Waals surface area contributed by atoms with Gasteiger partial charge in [0.1, 0.15) is 6.04 Å². The van der Waals surface area contributed by atoms with Gasteiger partial charge in [0.05, 0.1) is 19.3 Å². The maximum absolute atomic E-state index is 12.5. The van der Waals surface area contributed by atoms with E-state index in [1.54, 1.807) is 0 Å². The van der Waals surface area contributed by atoms with Crippen LogP contribution in [0.5, 0.6) is 0 Å². The average molecular weight is 353 g/mol. The van der Waals surface area contributed by atoms with Gasteiger partial charge in [-0.25, -0.2) is 0 Å². The molecule has 2 aromatic rings. The van der Waals surface area contributed by atoms with E-state index in [2.05, 4.69) is 41.4 Å². The van der Waals surface area contributed by atoms with Gasteiger partial charge in [0.2, 0.25) is 5.91 Å². The summed E-state index contributed by atoms with van der Waals surface area (Å²) in [7, 11) is 0. The van der Waals surface area contributed by atoms with Crippen LogP contribution in [0.3, 0.4) is 0 Å². The molecule has 138 valence electrons. The zero-order valence-electron chi connectivity index (χ0n) is 15.2. The first-order valence-electron chi connectivity index (χ1n) is 9.12. The molecule has 5 nitrogen and oxygen atoms in total. The van der Waals surface area contributed by atoms with Gasteiger partial charge in [-0.3, -0.25) is 9.69 Å². The zero-order chi connectivity index (χ0) is 18.4. The highest BCUT2D eigenvalue weighted by Crippen LogP contribution is 2.22. The number of ether oxygens (including phenoxy) is 1. The number of morpholine rings is 1. The van der Waals surface area contributed by atoms with Gasteiger partial charge in [0, 0.05) is 19.6 Å². The molecule has 2 atom stereocenters. The van der Waals surface area contributed by atoms with Crippen molar-refractivity contribution < 1.29 is 9.53 Å². The van der Waals surface area contributed by atoms with Crippen molar-refractivity contribution in [3.63, 3.8) is 0 Å². The minimum Gasteiger partial charge on any atom is -0.379 e. The maximum atomic E-state index is 12.5. The quantitative estimate of drug-likeness (QED) is 0.835. The molecule has 0 spiro atoms. The molecule has 5 heteroatoms. The monoisotopic (exact) mass is 353 g/mol. The number of amides is 1. The molecule has 2 aromatic carbocycles. The number of rotatable bonds is 6. The summed E-state index contributed by atoms with van der Waals surface area (Å²) in [5.41, 5.74) is 9.37. The van der Waals surface area contributed by atoms with Crippen LogP contribution in [-0.4, -0.2) is 43.7 Å². The molecule has 1 heterocycles. The van der Waals surface area contributed by atoms with Crippen molar-refractivity contribution in [2.75, 3.05) is 32.8 Å². The molecule has 2 unspecified atom stereocenters. The Labute approximate surface area is 155 Å². The Morgan fingerprint density at radius 1 is 1.12 bits per heavy atom. The Morgan fingerprint density at radius 2 is 1.81 bits per heavy atom. The number of nitrogens with one attached hydrogen (secondary N) is 1. The Kier molecular flexibility index (Phi) is 6.39. The normalized spacial score (nSPS) is 17.5. The Bertz CT molecular complexity index is 714. The lowest BCUT2D eigenvalue weighted by Crippen LogP contribution is -2.45. The largest absolute Gasteiger partial charge is 0.379 e. The van der Waals surface area contributed by atoms with E-state index >= 15 is 0 Å². The first-order chi connectivity index (χ1) is 12.6. The molecule has 1 aliphatic rings. The molecule has 0 aliphatic carbocycles. The molecule has 3 rings (SSSR count). The number of benzene rings is 2. The predicted octanol–water partition coefficient (Wildman–Crippen LogP) is 2.18. The highest BCUT2D eigenvalue weighted by Gasteiger charge is 2.24. The second-order valence-corrected chi connectivity index (χ2v) is 6.71. The fourth-order valence-electron chi connectivity index (χ4n) is 3.34. The van der Waals surface area contributed by atoms with Gasteiger partial charge in [-0.2, -0.15) is 0 Å². The lowest BCUT2D eigenvalue weighted by atomic mass is 10.0. The minimum atomic E-state index is -0.654. The summed E-state index contributed by atoms with van der Waals surface area (Å²) >= 11 is 0. The number of hydrogen-bond acceptors (Lipinski definition) is 4. The van der Waals surface area contributed by atoms with Crippen molar-refractivity contribution in [3.8, 4) is 0 Å². The van der Waals surface area contributed by atoms with Gasteiger partial charge >= 0.3 is 0 Å². The molecule has 1 saturated heterocycles. The van der Waals surface area contributed by atoms with Gasteiger partial charge in [-0.1, -0.05) is 60.2 Å². The fraction of sp³-hybridized carbons (Fsp3) is 0.381. The summed E-state index contributed by atoms with van der Waals surface area (Å²) in [4.78, 5) is 14.9. The summed E-state index contributed by atoms with van der Waals surface area (Å²) < 4.78 is 5.48. The Hall–Kier alpha value is -2.21. The Balaban J connectivity index is 1.70. The van der Waals surface area contributed by atoms with Crippen LogP contribution in [0.25, 0.3) is 0 Å². The van der Waals surface area contributed by atoms with E-state index in [4.69, 9.17) is 10.5 Å². The molecule has 0 bridgehead atoms. The highest BCUT2D eigenvalue weighted by atomic mass is 16.5. The van der Waals surface area contributed by atoms with E-state index in [1.165, 1.54) is 11.1 Å². The van der Waals surface area contributed by atoms with Crippen molar-refractivity contribution in [2.45, 2.75) is 19.0 Å². The molecule has 0 aromatic heterocycles. The van der Waals surface area contributed by atoms with Gasteiger partial charge in [0.25, 0.3) is 0 Å². The van der Waals surface area contributed by atoms with Crippen LogP contribution in [0.15, 0.2) is 54.6 Å². The molecule has 1 aliphatic heterocycles. The summed E-state index contributed by atoms with van der Waals surface area (Å²) in [6.45, 7) is 5.78. The summed E-state index contributed by atoms with van der Waals surface area (Å²) in [6, 6.07) is 17.4. The highest BCUT2D eigenvalue weighted by molar-refractivity contribution is 5.82. The number of nitrogens with two attached hydrogens (primary N) is 1. The standard InChI is InChI=1S/C21H27N3O2/c1-16-6-5-9-18(14-16)19(24-10-12-26-13-11-24)15-23-21(25)20(22)17-7-3-2-4-8-17/h2-9,14,19-20H,10-13,15,22H2,1H3,(H,23,25). The second-order valence-electron chi connectivity index (χ2n) is 6.71. The number of carbonyl (C=O) groups excluding carboxylic acids is 1. The van der Waals surface area contributed by atoms with Crippen LogP contribution in [0, 0.1) is 6.92 Å². The van der Waals surface area contributed by atoms with Crippen molar-refractivity contribution in [1.29, 1.82) is 0 Å². The lowest BCUT2D eigenvalue weighted by Gasteiger charge is -2.35. The number of hydrogen-bond donors (Lipinski definition) is 2. The van der Waals surface area contributed by atoms with Crippen LogP contribution in [-0.2, 0) is 9.53 Å². The second kappa shape index (κ2) is 8.94. The van der Waals surface area contributed by atoms with Crippen molar-refractivity contribution in [3.05, 3.63) is 71.3 Å². The summed E-state index contributed by atoms with van der Waals surface area (Å²) in [5.74, 6) is -0.151. The lowest BCUT2D eigenvalue weighted by molar-refractivity contribution is -0.122. The third-order valence-electron chi connectivity index (χ3n) is 4.82. The van der Waals surface area contributed by atoms with E-state index < -0.39 is 6.04 Å². The van der Waals surface area contributed by atoms with Crippen molar-refractivity contribution >= 4 is 5.91 Å². The number of nitrogens with zero attached hydrogens (tertiary/aromatic N) is 1. The van der Waals surface area contributed by atoms with Crippen LogP contribution < -0.4 is 11.1 Å². The van der Waals surface area contributed by atoms with Crippen LogP contribution in [0.2, 0.25) is 0 Å². The SMILES string of the molecule is Cc1cccc(C(CNC(=O)C(N)c2ccccc2)N2CCOCC2)c1. The smallest absolute Gasteiger partial charge is 0.241 e. The van der Waals surface area contributed by atoms with Gasteiger partial charge in [-0.05, 0) is 18.1 Å². The number of carbonyl (C=O) groups is 1. The van der Waals surface area contributed by atoms with Gasteiger partial charge < -0.3 is 15.8 Å². The van der Waals surface area contributed by atoms with E-state index in [0.717, 1.165) is 31.9 Å². The maximum Gasteiger partial charge on any atom is 0.241 e.